The molecular weight excluding hydrogens is 316 g/mol. The van der Waals surface area contributed by atoms with Gasteiger partial charge in [-0.2, -0.15) is 0 Å². The largest absolute Gasteiger partial charge is 0.481 e. The summed E-state index contributed by atoms with van der Waals surface area (Å²) in [4.78, 5) is 14.0. The van der Waals surface area contributed by atoms with Crippen LogP contribution in [0.4, 0.5) is 0 Å². The van der Waals surface area contributed by atoms with Gasteiger partial charge in [-0.25, -0.2) is 9.97 Å². The summed E-state index contributed by atoms with van der Waals surface area (Å²) in [6.07, 6.45) is 1.15. The number of hydrogen-bond acceptors (Lipinski definition) is 6. The predicted molar refractivity (Wildman–Crippen MR) is 96.7 cm³/mol. The number of rotatable bonds is 6. The van der Waals surface area contributed by atoms with E-state index in [4.69, 9.17) is 9.47 Å². The molecule has 1 fully saturated rings. The minimum Gasteiger partial charge on any atom is -0.481 e. The number of ether oxygens (including phenoxy) is 2. The van der Waals surface area contributed by atoms with Crippen molar-refractivity contribution in [1.82, 2.24) is 19.8 Å². The lowest BCUT2D eigenvalue weighted by atomic mass is 10.3. The Balaban J connectivity index is 1.54. The van der Waals surface area contributed by atoms with Gasteiger partial charge in [0, 0.05) is 38.3 Å². The molecule has 0 aliphatic carbocycles. The third-order valence-electron chi connectivity index (χ3n) is 4.43. The van der Waals surface area contributed by atoms with E-state index in [0.29, 0.717) is 11.8 Å². The van der Waals surface area contributed by atoms with Gasteiger partial charge in [0.1, 0.15) is 0 Å². The molecule has 2 aromatic rings. The highest BCUT2D eigenvalue weighted by atomic mass is 16.5. The van der Waals surface area contributed by atoms with E-state index in [0.717, 1.165) is 57.1 Å². The molecule has 1 aliphatic heterocycles. The maximum atomic E-state index is 5.22. The number of aromatic nitrogens is 2. The quantitative estimate of drug-likeness (QED) is 0.802. The highest BCUT2D eigenvalue weighted by molar-refractivity contribution is 5.16. The van der Waals surface area contributed by atoms with Gasteiger partial charge in [-0.05, 0) is 31.6 Å². The number of hydrogen-bond donors (Lipinski definition) is 0. The third-order valence-corrected chi connectivity index (χ3v) is 4.43. The summed E-state index contributed by atoms with van der Waals surface area (Å²) in [5.74, 6) is 1.36. The van der Waals surface area contributed by atoms with Crippen molar-refractivity contribution >= 4 is 0 Å². The van der Waals surface area contributed by atoms with Gasteiger partial charge < -0.3 is 9.47 Å². The summed E-state index contributed by atoms with van der Waals surface area (Å²) < 4.78 is 10.4. The molecular formula is C19H26N4O2. The normalized spacial score (nSPS) is 16.4. The van der Waals surface area contributed by atoms with E-state index >= 15 is 0 Å². The molecule has 1 saturated heterocycles. The minimum atomic E-state index is 0.679. The SMILES string of the molecule is COc1cccc(CN2CCCN(Cc3cccc(OC)n3)CC2)n1. The number of methoxy groups -OCH3 is 2. The smallest absolute Gasteiger partial charge is 0.213 e. The molecule has 0 N–H and O–H groups in total. The van der Waals surface area contributed by atoms with E-state index in [2.05, 4.69) is 31.9 Å². The molecule has 134 valence electrons. The summed E-state index contributed by atoms with van der Waals surface area (Å²) in [7, 11) is 3.31. The van der Waals surface area contributed by atoms with Crippen LogP contribution in [0.1, 0.15) is 17.8 Å². The first-order valence-electron chi connectivity index (χ1n) is 8.71. The van der Waals surface area contributed by atoms with Crippen molar-refractivity contribution in [2.24, 2.45) is 0 Å². The van der Waals surface area contributed by atoms with Crippen LogP contribution in [0.3, 0.4) is 0 Å². The second-order valence-corrected chi connectivity index (χ2v) is 6.25. The van der Waals surface area contributed by atoms with Crippen LogP contribution in [-0.4, -0.2) is 60.2 Å². The zero-order valence-corrected chi connectivity index (χ0v) is 15.0. The second-order valence-electron chi connectivity index (χ2n) is 6.25. The maximum Gasteiger partial charge on any atom is 0.213 e. The fraction of sp³-hybridized carbons (Fsp3) is 0.474. The predicted octanol–water partition coefficient (Wildman–Crippen LogP) is 2.20. The fourth-order valence-corrected chi connectivity index (χ4v) is 3.12. The number of pyridine rings is 2. The van der Waals surface area contributed by atoms with Crippen molar-refractivity contribution in [3.8, 4) is 11.8 Å². The molecule has 2 aromatic heterocycles. The van der Waals surface area contributed by atoms with Gasteiger partial charge in [0.2, 0.25) is 11.8 Å². The Kier molecular flexibility index (Phi) is 6.19. The lowest BCUT2D eigenvalue weighted by Crippen LogP contribution is -2.30. The first-order valence-corrected chi connectivity index (χ1v) is 8.71. The standard InChI is InChI=1S/C19H26N4O2/c1-24-18-8-3-6-16(20-18)14-22-10-5-11-23(13-12-22)15-17-7-4-9-19(21-17)25-2/h3-4,6-9H,5,10-15H2,1-2H3. The number of nitrogens with zero attached hydrogens (tertiary/aromatic N) is 4. The molecule has 6 heteroatoms. The van der Waals surface area contributed by atoms with Crippen LogP contribution < -0.4 is 9.47 Å². The fourth-order valence-electron chi connectivity index (χ4n) is 3.12. The Morgan fingerprint density at radius 3 is 1.68 bits per heavy atom. The van der Waals surface area contributed by atoms with Gasteiger partial charge in [-0.15, -0.1) is 0 Å². The second kappa shape index (κ2) is 8.78. The lowest BCUT2D eigenvalue weighted by Gasteiger charge is -2.21. The average molecular weight is 342 g/mol. The molecule has 0 bridgehead atoms. The van der Waals surface area contributed by atoms with Crippen LogP contribution in [0.2, 0.25) is 0 Å². The Morgan fingerprint density at radius 1 is 0.760 bits per heavy atom. The topological polar surface area (TPSA) is 50.7 Å². The van der Waals surface area contributed by atoms with E-state index in [1.165, 1.54) is 0 Å². The monoisotopic (exact) mass is 342 g/mol. The molecule has 3 rings (SSSR count). The molecule has 0 spiro atoms. The molecule has 0 aromatic carbocycles. The van der Waals surface area contributed by atoms with Gasteiger partial charge in [-0.1, -0.05) is 12.1 Å². The van der Waals surface area contributed by atoms with Crippen molar-refractivity contribution in [3.05, 3.63) is 47.8 Å². The van der Waals surface area contributed by atoms with Crippen LogP contribution in [0.15, 0.2) is 36.4 Å². The first kappa shape index (κ1) is 17.6. The third kappa shape index (κ3) is 5.14. The summed E-state index contributed by atoms with van der Waals surface area (Å²) in [6, 6.07) is 11.9. The molecule has 25 heavy (non-hydrogen) atoms. The van der Waals surface area contributed by atoms with Gasteiger partial charge in [0.25, 0.3) is 0 Å². The van der Waals surface area contributed by atoms with Crippen molar-refractivity contribution in [3.63, 3.8) is 0 Å². The van der Waals surface area contributed by atoms with E-state index < -0.39 is 0 Å². The van der Waals surface area contributed by atoms with E-state index in [-0.39, 0.29) is 0 Å². The molecule has 3 heterocycles. The maximum absolute atomic E-state index is 5.22. The van der Waals surface area contributed by atoms with Crippen molar-refractivity contribution in [2.45, 2.75) is 19.5 Å². The molecule has 1 aliphatic rings. The van der Waals surface area contributed by atoms with E-state index in [9.17, 15) is 0 Å². The Hall–Kier alpha value is -2.18. The van der Waals surface area contributed by atoms with Gasteiger partial charge in [0.15, 0.2) is 0 Å². The molecule has 0 unspecified atom stereocenters. The van der Waals surface area contributed by atoms with Crippen LogP contribution in [-0.2, 0) is 13.1 Å². The zero-order valence-electron chi connectivity index (χ0n) is 15.0. The zero-order chi connectivity index (χ0) is 17.5. The van der Waals surface area contributed by atoms with Gasteiger partial charge in [-0.3, -0.25) is 9.80 Å². The van der Waals surface area contributed by atoms with Gasteiger partial charge in [0.05, 0.1) is 25.6 Å². The highest BCUT2D eigenvalue weighted by Gasteiger charge is 2.16. The van der Waals surface area contributed by atoms with Crippen molar-refractivity contribution in [1.29, 1.82) is 0 Å². The average Bonchev–Trinajstić information content (AvgIpc) is 2.87. The van der Waals surface area contributed by atoms with Crippen LogP contribution in [0, 0.1) is 0 Å². The molecule has 6 nitrogen and oxygen atoms in total. The lowest BCUT2D eigenvalue weighted by molar-refractivity contribution is 0.243. The molecule has 0 saturated carbocycles. The summed E-state index contributed by atoms with van der Waals surface area (Å²) in [5, 5.41) is 0. The van der Waals surface area contributed by atoms with E-state index in [1.807, 2.05) is 24.3 Å². The van der Waals surface area contributed by atoms with Gasteiger partial charge >= 0.3 is 0 Å². The molecule has 0 amide bonds. The summed E-state index contributed by atoms with van der Waals surface area (Å²) >= 11 is 0. The minimum absolute atomic E-state index is 0.679. The first-order chi connectivity index (χ1) is 12.3. The Morgan fingerprint density at radius 2 is 1.24 bits per heavy atom. The molecule has 0 atom stereocenters. The van der Waals surface area contributed by atoms with E-state index in [1.54, 1.807) is 14.2 Å². The Bertz CT molecular complexity index is 622. The van der Waals surface area contributed by atoms with Crippen LogP contribution in [0.25, 0.3) is 0 Å². The highest BCUT2D eigenvalue weighted by Crippen LogP contribution is 2.13. The van der Waals surface area contributed by atoms with Crippen LogP contribution >= 0.6 is 0 Å². The van der Waals surface area contributed by atoms with Crippen LogP contribution in [0.5, 0.6) is 11.8 Å². The van der Waals surface area contributed by atoms with Crippen molar-refractivity contribution in [2.75, 3.05) is 40.4 Å². The Labute approximate surface area is 149 Å². The van der Waals surface area contributed by atoms with Crippen molar-refractivity contribution < 1.29 is 9.47 Å². The summed E-state index contributed by atoms with van der Waals surface area (Å²) in [5.41, 5.74) is 2.12. The molecule has 0 radical (unpaired) electrons. The summed E-state index contributed by atoms with van der Waals surface area (Å²) in [6.45, 7) is 5.96.